The predicted molar refractivity (Wildman–Crippen MR) is 82.3 cm³/mol. The molecule has 1 aromatic rings. The molecule has 0 aromatic heterocycles. The van der Waals surface area contributed by atoms with E-state index < -0.39 is 9.84 Å². The monoisotopic (exact) mass is 330 g/mol. The van der Waals surface area contributed by atoms with Crippen molar-refractivity contribution in [3.63, 3.8) is 0 Å². The standard InChI is InChI=1S/C14H19ClN2O3S/c1-2-21(19,20)11-5-6-13(15)12(8-11)14(18)17-7-3-4-10(16)9-17/h5-6,8,10H,2-4,7,9,16H2,1H3/t10-/m1/s1. The Labute approximate surface area is 130 Å². The number of carbonyl (C=O) groups is 1. The normalized spacial score (nSPS) is 19.6. The molecule has 1 aliphatic heterocycles. The van der Waals surface area contributed by atoms with Crippen LogP contribution in [-0.4, -0.2) is 44.1 Å². The van der Waals surface area contributed by atoms with Crippen molar-refractivity contribution >= 4 is 27.3 Å². The average molecular weight is 331 g/mol. The maximum Gasteiger partial charge on any atom is 0.255 e. The molecule has 21 heavy (non-hydrogen) atoms. The summed E-state index contributed by atoms with van der Waals surface area (Å²) < 4.78 is 23.9. The molecule has 1 saturated heterocycles. The minimum atomic E-state index is -3.37. The third-order valence-electron chi connectivity index (χ3n) is 3.65. The van der Waals surface area contributed by atoms with Crippen LogP contribution < -0.4 is 5.73 Å². The van der Waals surface area contributed by atoms with Gasteiger partial charge in [0.2, 0.25) is 0 Å². The van der Waals surface area contributed by atoms with Gasteiger partial charge in [-0.3, -0.25) is 4.79 Å². The summed E-state index contributed by atoms with van der Waals surface area (Å²) in [4.78, 5) is 14.3. The number of hydrogen-bond donors (Lipinski definition) is 1. The van der Waals surface area contributed by atoms with Crippen LogP contribution in [0.2, 0.25) is 5.02 Å². The van der Waals surface area contributed by atoms with Gasteiger partial charge in [0.15, 0.2) is 9.84 Å². The summed E-state index contributed by atoms with van der Waals surface area (Å²) in [7, 11) is -3.37. The van der Waals surface area contributed by atoms with Crippen LogP contribution in [0.5, 0.6) is 0 Å². The number of carbonyl (C=O) groups excluding carboxylic acids is 1. The molecule has 0 aliphatic carbocycles. The summed E-state index contributed by atoms with van der Waals surface area (Å²) in [6.45, 7) is 2.66. The lowest BCUT2D eigenvalue weighted by Crippen LogP contribution is -2.45. The van der Waals surface area contributed by atoms with Crippen molar-refractivity contribution < 1.29 is 13.2 Å². The van der Waals surface area contributed by atoms with Gasteiger partial charge in [-0.1, -0.05) is 18.5 Å². The summed E-state index contributed by atoms with van der Waals surface area (Å²) in [6, 6.07) is 4.22. The fourth-order valence-electron chi connectivity index (χ4n) is 2.39. The molecule has 1 atom stereocenters. The van der Waals surface area contributed by atoms with Crippen molar-refractivity contribution in [2.75, 3.05) is 18.8 Å². The van der Waals surface area contributed by atoms with Crippen LogP contribution in [0.3, 0.4) is 0 Å². The highest BCUT2D eigenvalue weighted by atomic mass is 35.5. The summed E-state index contributed by atoms with van der Waals surface area (Å²) in [5.74, 6) is -0.278. The number of nitrogens with zero attached hydrogens (tertiary/aromatic N) is 1. The van der Waals surface area contributed by atoms with Crippen LogP contribution in [0.25, 0.3) is 0 Å². The fourth-order valence-corrected chi connectivity index (χ4v) is 3.50. The average Bonchev–Trinajstić information content (AvgIpc) is 2.47. The number of halogens is 1. The van der Waals surface area contributed by atoms with E-state index in [1.807, 2.05) is 0 Å². The van der Waals surface area contributed by atoms with Crippen molar-refractivity contribution in [1.29, 1.82) is 0 Å². The van der Waals surface area contributed by atoms with Gasteiger partial charge >= 0.3 is 0 Å². The van der Waals surface area contributed by atoms with Gasteiger partial charge in [-0.15, -0.1) is 0 Å². The van der Waals surface area contributed by atoms with E-state index in [0.717, 1.165) is 12.8 Å². The summed E-state index contributed by atoms with van der Waals surface area (Å²) >= 11 is 6.07. The van der Waals surface area contributed by atoms with Crippen LogP contribution >= 0.6 is 11.6 Å². The SMILES string of the molecule is CCS(=O)(=O)c1ccc(Cl)c(C(=O)N2CCC[C@@H](N)C2)c1. The molecule has 7 heteroatoms. The Balaban J connectivity index is 2.34. The van der Waals surface area contributed by atoms with Crippen LogP contribution in [0.15, 0.2) is 23.1 Å². The fraction of sp³-hybridized carbons (Fsp3) is 0.500. The van der Waals surface area contributed by atoms with E-state index in [4.69, 9.17) is 17.3 Å². The molecule has 5 nitrogen and oxygen atoms in total. The first kappa shape index (κ1) is 16.3. The molecule has 0 unspecified atom stereocenters. The third-order valence-corrected chi connectivity index (χ3v) is 5.71. The van der Waals surface area contributed by atoms with Crippen molar-refractivity contribution in [3.05, 3.63) is 28.8 Å². The van der Waals surface area contributed by atoms with E-state index in [1.54, 1.807) is 11.8 Å². The Hall–Kier alpha value is -1.11. The second-order valence-corrected chi connectivity index (χ2v) is 7.88. The third kappa shape index (κ3) is 3.56. The molecule has 1 aliphatic rings. The van der Waals surface area contributed by atoms with Gasteiger partial charge in [0.05, 0.1) is 21.2 Å². The van der Waals surface area contributed by atoms with Crippen LogP contribution in [0.1, 0.15) is 30.1 Å². The number of rotatable bonds is 3. The molecule has 2 N–H and O–H groups in total. The summed E-state index contributed by atoms with van der Waals surface area (Å²) in [5.41, 5.74) is 6.10. The van der Waals surface area contributed by atoms with E-state index in [-0.39, 0.29) is 33.2 Å². The quantitative estimate of drug-likeness (QED) is 0.914. The van der Waals surface area contributed by atoms with Gasteiger partial charge in [0.25, 0.3) is 5.91 Å². The second kappa shape index (κ2) is 6.34. The lowest BCUT2D eigenvalue weighted by atomic mass is 10.1. The second-order valence-electron chi connectivity index (χ2n) is 5.20. The zero-order chi connectivity index (χ0) is 15.6. The lowest BCUT2D eigenvalue weighted by Gasteiger charge is -2.31. The van der Waals surface area contributed by atoms with Gasteiger partial charge in [0, 0.05) is 19.1 Å². The van der Waals surface area contributed by atoms with E-state index in [2.05, 4.69) is 0 Å². The molecule has 0 radical (unpaired) electrons. The Morgan fingerprint density at radius 3 is 2.81 bits per heavy atom. The molecule has 1 amide bonds. The van der Waals surface area contributed by atoms with E-state index in [1.165, 1.54) is 18.2 Å². The topological polar surface area (TPSA) is 80.5 Å². The number of likely N-dealkylation sites (tertiary alicyclic amines) is 1. The highest BCUT2D eigenvalue weighted by Gasteiger charge is 2.25. The number of piperidine rings is 1. The predicted octanol–water partition coefficient (Wildman–Crippen LogP) is 1.70. The molecule has 0 bridgehead atoms. The first-order chi connectivity index (χ1) is 9.85. The molecule has 0 spiro atoms. The van der Waals surface area contributed by atoms with E-state index >= 15 is 0 Å². The molecule has 0 saturated carbocycles. The van der Waals surface area contributed by atoms with Crippen molar-refractivity contribution in [2.45, 2.75) is 30.7 Å². The van der Waals surface area contributed by atoms with Crippen molar-refractivity contribution in [1.82, 2.24) is 4.90 Å². The summed E-state index contributed by atoms with van der Waals surface area (Å²) in [6.07, 6.45) is 1.74. The van der Waals surface area contributed by atoms with Crippen LogP contribution in [0.4, 0.5) is 0 Å². The highest BCUT2D eigenvalue weighted by molar-refractivity contribution is 7.91. The van der Waals surface area contributed by atoms with Gasteiger partial charge < -0.3 is 10.6 Å². The maximum atomic E-state index is 12.5. The molecule has 1 aromatic carbocycles. The number of nitrogens with two attached hydrogens (primary N) is 1. The van der Waals surface area contributed by atoms with Gasteiger partial charge in [-0.2, -0.15) is 0 Å². The van der Waals surface area contributed by atoms with E-state index in [0.29, 0.717) is 13.1 Å². The number of hydrogen-bond acceptors (Lipinski definition) is 4. The Kier molecular flexibility index (Phi) is 4.91. The number of sulfone groups is 1. The molecule has 1 fully saturated rings. The minimum absolute atomic E-state index is 0.0170. The number of benzene rings is 1. The minimum Gasteiger partial charge on any atom is -0.337 e. The van der Waals surface area contributed by atoms with E-state index in [9.17, 15) is 13.2 Å². The zero-order valence-corrected chi connectivity index (χ0v) is 13.5. The molecule has 1 heterocycles. The Morgan fingerprint density at radius 2 is 2.19 bits per heavy atom. The largest absolute Gasteiger partial charge is 0.337 e. The molecule has 2 rings (SSSR count). The van der Waals surface area contributed by atoms with Gasteiger partial charge in [0.1, 0.15) is 0 Å². The molecule has 116 valence electrons. The van der Waals surface area contributed by atoms with Crippen molar-refractivity contribution in [2.24, 2.45) is 5.73 Å². The highest BCUT2D eigenvalue weighted by Crippen LogP contribution is 2.24. The Bertz CT molecular complexity index is 646. The summed E-state index contributed by atoms with van der Waals surface area (Å²) in [5, 5.41) is 0.259. The Morgan fingerprint density at radius 1 is 1.48 bits per heavy atom. The van der Waals surface area contributed by atoms with Gasteiger partial charge in [-0.25, -0.2) is 8.42 Å². The lowest BCUT2D eigenvalue weighted by molar-refractivity contribution is 0.0708. The first-order valence-electron chi connectivity index (χ1n) is 6.92. The smallest absolute Gasteiger partial charge is 0.255 e. The van der Waals surface area contributed by atoms with Crippen molar-refractivity contribution in [3.8, 4) is 0 Å². The zero-order valence-electron chi connectivity index (χ0n) is 11.9. The van der Waals surface area contributed by atoms with Gasteiger partial charge in [-0.05, 0) is 31.0 Å². The molecular weight excluding hydrogens is 312 g/mol. The maximum absolute atomic E-state index is 12.5. The van der Waals surface area contributed by atoms with Crippen LogP contribution in [-0.2, 0) is 9.84 Å². The van der Waals surface area contributed by atoms with Crippen LogP contribution in [0, 0.1) is 0 Å². The molecular formula is C14H19ClN2O3S. The first-order valence-corrected chi connectivity index (χ1v) is 8.95. The number of amides is 1.